The Kier molecular flexibility index (Phi) is 10.8. The molecular weight excluding hydrogens is 568 g/mol. The lowest BCUT2D eigenvalue weighted by Gasteiger charge is -2.47. The Morgan fingerprint density at radius 2 is 1.09 bits per heavy atom. The second-order valence-electron chi connectivity index (χ2n) is 12.3. The van der Waals surface area contributed by atoms with Crippen molar-refractivity contribution in [3.8, 4) is 0 Å². The molecule has 4 aromatic rings. The third-order valence-corrected chi connectivity index (χ3v) is 13.3. The van der Waals surface area contributed by atoms with Crippen LogP contribution >= 0.6 is 0 Å². The summed E-state index contributed by atoms with van der Waals surface area (Å²) in [6, 6.07) is 40.7. The van der Waals surface area contributed by atoms with E-state index in [-0.39, 0.29) is 11.6 Å². The largest absolute Gasteiger partial charge is 0.405 e. The van der Waals surface area contributed by atoms with Crippen molar-refractivity contribution in [3.63, 3.8) is 0 Å². The summed E-state index contributed by atoms with van der Waals surface area (Å²) in [4.78, 5) is 0. The Balaban J connectivity index is 1.44. The van der Waals surface area contributed by atoms with Gasteiger partial charge in [-0.05, 0) is 26.5 Å². The van der Waals surface area contributed by atoms with Gasteiger partial charge in [-0.1, -0.05) is 142 Å². The minimum atomic E-state index is -2.87. The fourth-order valence-corrected chi connectivity index (χ4v) is 10.7. The highest BCUT2D eigenvalue weighted by atomic mass is 28.4. The molecule has 1 heterocycles. The van der Waals surface area contributed by atoms with E-state index in [1.165, 1.54) is 0 Å². The van der Waals surface area contributed by atoms with Crippen molar-refractivity contribution in [2.45, 2.75) is 69.7 Å². The average Bonchev–Trinajstić information content (AvgIpc) is 3.05. The molecule has 0 saturated carbocycles. The molecular formula is C37H44O6Si. The van der Waals surface area contributed by atoms with Gasteiger partial charge in [0.1, 0.15) is 24.4 Å². The Morgan fingerprint density at radius 3 is 1.52 bits per heavy atom. The van der Waals surface area contributed by atoms with Gasteiger partial charge in [0.25, 0.3) is 8.32 Å². The summed E-state index contributed by atoms with van der Waals surface area (Å²) in [5, 5.41) is 14.0. The SMILES string of the molecule is CO[C@H]1OC(CO[Si](c2ccccc2)(c2ccccc2)C(C)(C)C)[C@@H](O)[C@@H](OCc2ccccc2)C1OCc1ccccc1. The van der Waals surface area contributed by atoms with E-state index in [2.05, 4.69) is 69.3 Å². The normalized spacial score (nSPS) is 22.5. The molecule has 5 rings (SSSR count). The predicted molar refractivity (Wildman–Crippen MR) is 175 cm³/mol. The van der Waals surface area contributed by atoms with Gasteiger partial charge in [-0.2, -0.15) is 0 Å². The maximum absolute atomic E-state index is 11.9. The molecule has 1 aliphatic rings. The third kappa shape index (κ3) is 7.21. The number of aliphatic hydroxyl groups excluding tert-OH is 1. The van der Waals surface area contributed by atoms with E-state index >= 15 is 0 Å². The molecule has 4 aromatic carbocycles. The number of ether oxygens (including phenoxy) is 4. The summed E-state index contributed by atoms with van der Waals surface area (Å²) >= 11 is 0. The van der Waals surface area contributed by atoms with Gasteiger partial charge < -0.3 is 28.5 Å². The highest BCUT2D eigenvalue weighted by Crippen LogP contribution is 2.38. The molecule has 0 radical (unpaired) electrons. The molecule has 1 saturated heterocycles. The molecule has 232 valence electrons. The van der Waals surface area contributed by atoms with Crippen molar-refractivity contribution in [3.05, 3.63) is 132 Å². The summed E-state index contributed by atoms with van der Waals surface area (Å²) in [5.41, 5.74) is 2.01. The first-order valence-corrected chi connectivity index (χ1v) is 17.2. The molecule has 6 nitrogen and oxygen atoms in total. The Labute approximate surface area is 262 Å². The highest BCUT2D eigenvalue weighted by Gasteiger charge is 2.53. The van der Waals surface area contributed by atoms with Crippen LogP contribution in [0.4, 0.5) is 0 Å². The second kappa shape index (κ2) is 14.8. The molecule has 1 N–H and O–H groups in total. The molecule has 1 fully saturated rings. The van der Waals surface area contributed by atoms with Gasteiger partial charge in [0.15, 0.2) is 6.29 Å². The standard InChI is InChI=1S/C37H44O6Si/c1-37(2,3)44(30-21-13-7-14-22-30,31-23-15-8-16-24-31)42-27-32-33(38)34(40-25-28-17-9-5-10-18-28)35(36(39-4)43-32)41-26-29-19-11-6-12-20-29/h5-24,32-36,38H,25-27H2,1-4H3/t32?,33-,34-,35?,36+/m1/s1. The molecule has 0 spiro atoms. The van der Waals surface area contributed by atoms with Crippen molar-refractivity contribution < 1.29 is 28.5 Å². The van der Waals surface area contributed by atoms with Crippen LogP contribution in [0, 0.1) is 0 Å². The monoisotopic (exact) mass is 612 g/mol. The molecule has 0 bridgehead atoms. The van der Waals surface area contributed by atoms with Crippen molar-refractivity contribution in [1.29, 1.82) is 0 Å². The molecule has 5 atom stereocenters. The van der Waals surface area contributed by atoms with Gasteiger partial charge >= 0.3 is 0 Å². The molecule has 2 unspecified atom stereocenters. The first kappa shape index (κ1) is 32.3. The molecule has 0 amide bonds. The lowest BCUT2D eigenvalue weighted by molar-refractivity contribution is -0.313. The van der Waals surface area contributed by atoms with Crippen LogP contribution < -0.4 is 10.4 Å². The summed E-state index contributed by atoms with van der Waals surface area (Å²) in [5.74, 6) is 0. The van der Waals surface area contributed by atoms with Crippen LogP contribution in [0.15, 0.2) is 121 Å². The van der Waals surface area contributed by atoms with E-state index < -0.39 is 39.0 Å². The first-order chi connectivity index (χ1) is 21.3. The van der Waals surface area contributed by atoms with Gasteiger partial charge in [0.05, 0.1) is 19.8 Å². The lowest BCUT2D eigenvalue weighted by atomic mass is 9.98. The Morgan fingerprint density at radius 1 is 0.659 bits per heavy atom. The van der Waals surface area contributed by atoms with Gasteiger partial charge in [0.2, 0.25) is 0 Å². The Hall–Kier alpha value is -3.14. The predicted octanol–water partition coefficient (Wildman–Crippen LogP) is 5.47. The van der Waals surface area contributed by atoms with Crippen LogP contribution in [0.2, 0.25) is 5.04 Å². The molecule has 7 heteroatoms. The van der Waals surface area contributed by atoms with Crippen molar-refractivity contribution in [2.75, 3.05) is 13.7 Å². The number of methoxy groups -OCH3 is 1. The van der Waals surface area contributed by atoms with E-state index in [1.807, 2.05) is 72.8 Å². The van der Waals surface area contributed by atoms with Crippen molar-refractivity contribution in [2.24, 2.45) is 0 Å². The summed E-state index contributed by atoms with van der Waals surface area (Å²) < 4.78 is 32.2. The minimum Gasteiger partial charge on any atom is -0.405 e. The van der Waals surface area contributed by atoms with Gasteiger partial charge in [-0.3, -0.25) is 0 Å². The molecule has 44 heavy (non-hydrogen) atoms. The van der Waals surface area contributed by atoms with Crippen LogP contribution in [-0.2, 0) is 36.6 Å². The minimum absolute atomic E-state index is 0.158. The second-order valence-corrected chi connectivity index (χ2v) is 16.6. The van der Waals surface area contributed by atoms with E-state index in [0.717, 1.165) is 21.5 Å². The maximum atomic E-state index is 11.9. The van der Waals surface area contributed by atoms with Crippen LogP contribution in [-0.4, -0.2) is 57.8 Å². The fraction of sp³-hybridized carbons (Fsp3) is 0.351. The van der Waals surface area contributed by atoms with Crippen LogP contribution in [0.5, 0.6) is 0 Å². The number of rotatable bonds is 12. The third-order valence-electron chi connectivity index (χ3n) is 8.30. The summed E-state index contributed by atoms with van der Waals surface area (Å²) in [7, 11) is -1.28. The smallest absolute Gasteiger partial charge is 0.261 e. The number of aliphatic hydroxyl groups is 1. The van der Waals surface area contributed by atoms with Crippen molar-refractivity contribution in [1.82, 2.24) is 0 Å². The molecule has 1 aliphatic heterocycles. The van der Waals surface area contributed by atoms with Crippen LogP contribution in [0.1, 0.15) is 31.9 Å². The molecule has 0 aliphatic carbocycles. The number of benzene rings is 4. The Bertz CT molecular complexity index is 1360. The number of hydrogen-bond acceptors (Lipinski definition) is 6. The zero-order valence-electron chi connectivity index (χ0n) is 26.0. The topological polar surface area (TPSA) is 66.4 Å². The van der Waals surface area contributed by atoms with E-state index in [9.17, 15) is 5.11 Å². The van der Waals surface area contributed by atoms with Gasteiger partial charge in [0, 0.05) is 7.11 Å². The highest BCUT2D eigenvalue weighted by molar-refractivity contribution is 6.99. The van der Waals surface area contributed by atoms with E-state index in [1.54, 1.807) is 7.11 Å². The maximum Gasteiger partial charge on any atom is 0.261 e. The van der Waals surface area contributed by atoms with Crippen LogP contribution in [0.25, 0.3) is 0 Å². The quantitative estimate of drug-likeness (QED) is 0.214. The summed E-state index contributed by atoms with van der Waals surface area (Å²) in [6.07, 6.45) is -3.88. The zero-order chi connectivity index (χ0) is 31.0. The lowest BCUT2D eigenvalue weighted by Crippen LogP contribution is -2.68. The van der Waals surface area contributed by atoms with Gasteiger partial charge in [-0.25, -0.2) is 0 Å². The summed E-state index contributed by atoms with van der Waals surface area (Å²) in [6.45, 7) is 7.49. The number of hydrogen-bond donors (Lipinski definition) is 1. The van der Waals surface area contributed by atoms with Gasteiger partial charge in [-0.15, -0.1) is 0 Å². The molecule has 0 aromatic heterocycles. The van der Waals surface area contributed by atoms with E-state index in [0.29, 0.717) is 13.2 Å². The van der Waals surface area contributed by atoms with Crippen molar-refractivity contribution >= 4 is 18.7 Å². The first-order valence-electron chi connectivity index (χ1n) is 15.3. The average molecular weight is 613 g/mol. The fourth-order valence-electron chi connectivity index (χ4n) is 6.09. The van der Waals surface area contributed by atoms with E-state index in [4.69, 9.17) is 23.4 Å². The van der Waals surface area contributed by atoms with Crippen LogP contribution in [0.3, 0.4) is 0 Å². The zero-order valence-corrected chi connectivity index (χ0v) is 27.0.